The molecule has 0 saturated heterocycles. The molecule has 0 aliphatic carbocycles. The van der Waals surface area contributed by atoms with Crippen LogP contribution in [0.4, 0.5) is 0 Å². The van der Waals surface area contributed by atoms with Gasteiger partial charge in [0.2, 0.25) is 0 Å². The fourth-order valence-corrected chi connectivity index (χ4v) is 2.03. The van der Waals surface area contributed by atoms with Crippen LogP contribution >= 0.6 is 0 Å². The van der Waals surface area contributed by atoms with E-state index >= 15 is 0 Å². The maximum absolute atomic E-state index is 11.8. The molecule has 0 fully saturated rings. The fourth-order valence-electron chi connectivity index (χ4n) is 2.03. The van der Waals surface area contributed by atoms with Crippen LogP contribution in [-0.2, 0) is 20.6 Å². The van der Waals surface area contributed by atoms with E-state index in [1.54, 1.807) is 7.05 Å². The van der Waals surface area contributed by atoms with E-state index in [1.165, 1.54) is 17.7 Å². The van der Waals surface area contributed by atoms with Crippen molar-refractivity contribution in [3.05, 3.63) is 56.1 Å². The molecule has 2 aromatic heterocycles. The summed E-state index contributed by atoms with van der Waals surface area (Å²) >= 11 is 0. The number of nitrogens with zero attached hydrogens (tertiary/aromatic N) is 3. The highest BCUT2D eigenvalue weighted by Gasteiger charge is 2.06. The van der Waals surface area contributed by atoms with Gasteiger partial charge in [-0.3, -0.25) is 18.6 Å². The highest BCUT2D eigenvalue weighted by molar-refractivity contribution is 5.16. The molecule has 0 saturated carbocycles. The SMILES string of the molecule is Cc1ccc(C)n1NCc1cc(=O)n(C)c(=O)n1C. The smallest absolute Gasteiger partial charge is 0.320 e. The Morgan fingerprint density at radius 3 is 2.21 bits per heavy atom. The highest BCUT2D eigenvalue weighted by atomic mass is 16.2. The number of rotatable bonds is 3. The Morgan fingerprint density at radius 2 is 1.63 bits per heavy atom. The van der Waals surface area contributed by atoms with Gasteiger partial charge in [0.05, 0.1) is 6.54 Å². The molecule has 2 heterocycles. The highest BCUT2D eigenvalue weighted by Crippen LogP contribution is 2.04. The van der Waals surface area contributed by atoms with Crippen LogP contribution in [0.5, 0.6) is 0 Å². The van der Waals surface area contributed by atoms with Gasteiger partial charge in [0, 0.05) is 37.2 Å². The van der Waals surface area contributed by atoms with Crippen molar-refractivity contribution in [3.8, 4) is 0 Å². The van der Waals surface area contributed by atoms with Crippen molar-refractivity contribution in [2.75, 3.05) is 5.43 Å². The molecule has 0 aliphatic rings. The molecule has 2 rings (SSSR count). The number of hydrogen-bond donors (Lipinski definition) is 1. The zero-order chi connectivity index (χ0) is 14.2. The summed E-state index contributed by atoms with van der Waals surface area (Å²) in [6.45, 7) is 4.39. The minimum atomic E-state index is -0.315. The topological polar surface area (TPSA) is 61.0 Å². The van der Waals surface area contributed by atoms with Crippen molar-refractivity contribution < 1.29 is 0 Å². The van der Waals surface area contributed by atoms with Crippen molar-refractivity contribution >= 4 is 0 Å². The number of aromatic nitrogens is 3. The second kappa shape index (κ2) is 4.79. The lowest BCUT2D eigenvalue weighted by Gasteiger charge is -2.15. The molecule has 102 valence electrons. The Labute approximate surface area is 110 Å². The Hall–Kier alpha value is -2.24. The Morgan fingerprint density at radius 1 is 1.05 bits per heavy atom. The standard InChI is InChI=1S/C13H18N4O2/c1-9-5-6-10(2)17(9)14-8-11-7-12(18)16(4)13(19)15(11)3/h5-7,14H,8H2,1-4H3. The number of nitrogens with one attached hydrogen (secondary N) is 1. The third kappa shape index (κ3) is 2.33. The zero-order valence-corrected chi connectivity index (χ0v) is 11.6. The van der Waals surface area contributed by atoms with Gasteiger partial charge < -0.3 is 5.43 Å². The predicted octanol–water partition coefficient (Wildman–Crippen LogP) is 0.246. The van der Waals surface area contributed by atoms with Gasteiger partial charge in [-0.2, -0.15) is 0 Å². The molecule has 0 radical (unpaired) electrons. The summed E-state index contributed by atoms with van der Waals surface area (Å²) in [5.41, 5.74) is 5.40. The Balaban J connectivity index is 2.31. The van der Waals surface area contributed by atoms with Crippen molar-refractivity contribution in [2.24, 2.45) is 14.1 Å². The summed E-state index contributed by atoms with van der Waals surface area (Å²) < 4.78 is 4.50. The van der Waals surface area contributed by atoms with Crippen molar-refractivity contribution in [1.82, 2.24) is 13.8 Å². The van der Waals surface area contributed by atoms with E-state index in [1.807, 2.05) is 30.7 Å². The largest absolute Gasteiger partial charge is 0.330 e. The van der Waals surface area contributed by atoms with Crippen LogP contribution in [0.15, 0.2) is 27.8 Å². The van der Waals surface area contributed by atoms with Gasteiger partial charge in [-0.05, 0) is 26.0 Å². The average molecular weight is 262 g/mol. The normalized spacial score (nSPS) is 10.7. The summed E-state index contributed by atoms with van der Waals surface area (Å²) in [5, 5.41) is 0. The van der Waals surface area contributed by atoms with E-state index < -0.39 is 0 Å². The van der Waals surface area contributed by atoms with Crippen molar-refractivity contribution in [1.29, 1.82) is 0 Å². The number of aryl methyl sites for hydroxylation is 2. The molecule has 19 heavy (non-hydrogen) atoms. The monoisotopic (exact) mass is 262 g/mol. The second-order valence-corrected chi connectivity index (χ2v) is 4.66. The first-order chi connectivity index (χ1) is 8.91. The van der Waals surface area contributed by atoms with Crippen LogP contribution < -0.4 is 16.7 Å². The molecular formula is C13H18N4O2. The molecular weight excluding hydrogens is 244 g/mol. The number of hydrogen-bond acceptors (Lipinski definition) is 3. The zero-order valence-electron chi connectivity index (χ0n) is 11.6. The molecule has 0 unspecified atom stereocenters. The van der Waals surface area contributed by atoms with Gasteiger partial charge in [0.25, 0.3) is 5.56 Å². The third-order valence-electron chi connectivity index (χ3n) is 3.31. The minimum Gasteiger partial charge on any atom is -0.320 e. The fraction of sp³-hybridized carbons (Fsp3) is 0.385. The average Bonchev–Trinajstić information content (AvgIpc) is 2.70. The molecule has 0 spiro atoms. The molecule has 0 aliphatic heterocycles. The van der Waals surface area contributed by atoms with Crippen molar-refractivity contribution in [2.45, 2.75) is 20.4 Å². The summed E-state index contributed by atoms with van der Waals surface area (Å²) in [7, 11) is 3.14. The summed E-state index contributed by atoms with van der Waals surface area (Å²) in [5.74, 6) is 0. The lowest BCUT2D eigenvalue weighted by molar-refractivity contribution is 0.641. The first kappa shape index (κ1) is 13.2. The molecule has 0 bridgehead atoms. The maximum Gasteiger partial charge on any atom is 0.330 e. The molecule has 6 heteroatoms. The van der Waals surface area contributed by atoms with Crippen LogP contribution in [0.1, 0.15) is 17.1 Å². The lowest BCUT2D eigenvalue weighted by Crippen LogP contribution is -2.38. The van der Waals surface area contributed by atoms with Crippen LogP contribution in [0, 0.1) is 13.8 Å². The van der Waals surface area contributed by atoms with Gasteiger partial charge in [0.15, 0.2) is 0 Å². The van der Waals surface area contributed by atoms with Gasteiger partial charge in [-0.1, -0.05) is 0 Å². The second-order valence-electron chi connectivity index (χ2n) is 4.66. The Bertz CT molecular complexity index is 702. The van der Waals surface area contributed by atoms with E-state index in [2.05, 4.69) is 5.43 Å². The van der Waals surface area contributed by atoms with Gasteiger partial charge in [-0.15, -0.1) is 0 Å². The summed E-state index contributed by atoms with van der Waals surface area (Å²) in [6, 6.07) is 5.49. The van der Waals surface area contributed by atoms with E-state index in [4.69, 9.17) is 0 Å². The molecule has 6 nitrogen and oxygen atoms in total. The van der Waals surface area contributed by atoms with Gasteiger partial charge in [0.1, 0.15) is 0 Å². The van der Waals surface area contributed by atoms with E-state index in [0.29, 0.717) is 12.2 Å². The van der Waals surface area contributed by atoms with E-state index in [-0.39, 0.29) is 11.2 Å². The maximum atomic E-state index is 11.8. The Kier molecular flexibility index (Phi) is 3.33. The third-order valence-corrected chi connectivity index (χ3v) is 3.31. The van der Waals surface area contributed by atoms with E-state index in [0.717, 1.165) is 16.0 Å². The quantitative estimate of drug-likeness (QED) is 0.862. The molecule has 0 amide bonds. The first-order valence-corrected chi connectivity index (χ1v) is 6.06. The molecule has 0 atom stereocenters. The first-order valence-electron chi connectivity index (χ1n) is 6.06. The van der Waals surface area contributed by atoms with Crippen LogP contribution in [0.3, 0.4) is 0 Å². The predicted molar refractivity (Wildman–Crippen MR) is 73.9 cm³/mol. The van der Waals surface area contributed by atoms with Crippen molar-refractivity contribution in [3.63, 3.8) is 0 Å². The summed E-state index contributed by atoms with van der Waals surface area (Å²) in [6.07, 6.45) is 0. The van der Waals surface area contributed by atoms with Crippen LogP contribution in [0.25, 0.3) is 0 Å². The van der Waals surface area contributed by atoms with E-state index in [9.17, 15) is 9.59 Å². The molecule has 2 aromatic rings. The van der Waals surface area contributed by atoms with Gasteiger partial charge >= 0.3 is 5.69 Å². The molecule has 1 N–H and O–H groups in total. The van der Waals surface area contributed by atoms with Gasteiger partial charge in [-0.25, -0.2) is 4.79 Å². The molecule has 0 aromatic carbocycles. The minimum absolute atomic E-state index is 0.291. The summed E-state index contributed by atoms with van der Waals surface area (Å²) in [4.78, 5) is 23.4. The lowest BCUT2D eigenvalue weighted by atomic mass is 10.4. The van der Waals surface area contributed by atoms with Crippen LogP contribution in [-0.4, -0.2) is 13.8 Å². The van der Waals surface area contributed by atoms with Crippen LogP contribution in [0.2, 0.25) is 0 Å².